The summed E-state index contributed by atoms with van der Waals surface area (Å²) in [6.45, 7) is 5.63. The Labute approximate surface area is 187 Å². The van der Waals surface area contributed by atoms with E-state index < -0.39 is 0 Å². The molecule has 2 N–H and O–H groups in total. The zero-order valence-electron chi connectivity index (χ0n) is 18.4. The molecule has 1 aromatic carbocycles. The Morgan fingerprint density at radius 1 is 1.12 bits per heavy atom. The van der Waals surface area contributed by atoms with Gasteiger partial charge in [-0.05, 0) is 73.2 Å². The third-order valence-electron chi connectivity index (χ3n) is 7.08. The van der Waals surface area contributed by atoms with Gasteiger partial charge in [0.25, 0.3) is 0 Å². The van der Waals surface area contributed by atoms with Crippen molar-refractivity contribution in [2.24, 2.45) is 4.99 Å². The quantitative estimate of drug-likeness (QED) is 0.462. The Kier molecular flexibility index (Phi) is 4.87. The maximum absolute atomic E-state index is 4.38. The number of hydrogen-bond acceptors (Lipinski definition) is 4. The van der Waals surface area contributed by atoms with E-state index in [1.807, 2.05) is 18.6 Å². The highest BCUT2D eigenvalue weighted by atomic mass is 15.1. The molecule has 1 fully saturated rings. The van der Waals surface area contributed by atoms with Gasteiger partial charge in [-0.1, -0.05) is 13.0 Å². The minimum Gasteiger partial charge on any atom is -0.354 e. The molecule has 6 heteroatoms. The van der Waals surface area contributed by atoms with Crippen LogP contribution in [0.2, 0.25) is 0 Å². The van der Waals surface area contributed by atoms with Gasteiger partial charge in [0.15, 0.2) is 5.65 Å². The van der Waals surface area contributed by atoms with Crippen LogP contribution >= 0.6 is 0 Å². The van der Waals surface area contributed by atoms with Crippen LogP contribution < -0.4 is 0 Å². The lowest BCUT2D eigenvalue weighted by molar-refractivity contribution is 0.228. The average molecular weight is 425 g/mol. The van der Waals surface area contributed by atoms with E-state index in [9.17, 15) is 0 Å². The first-order chi connectivity index (χ1) is 15.8. The Bertz CT molecular complexity index is 1330. The van der Waals surface area contributed by atoms with Gasteiger partial charge >= 0.3 is 0 Å². The maximum Gasteiger partial charge on any atom is 0.178 e. The number of likely N-dealkylation sites (tertiary alicyclic amines) is 1. The van der Waals surface area contributed by atoms with Crippen LogP contribution in [0.3, 0.4) is 0 Å². The Balaban J connectivity index is 1.28. The second-order valence-electron chi connectivity index (χ2n) is 8.97. The number of aromatic amines is 2. The number of pyridine rings is 1. The van der Waals surface area contributed by atoms with E-state index in [1.165, 1.54) is 46.1 Å². The smallest absolute Gasteiger partial charge is 0.178 e. The second-order valence-corrected chi connectivity index (χ2v) is 8.97. The van der Waals surface area contributed by atoms with Gasteiger partial charge < -0.3 is 9.97 Å². The van der Waals surface area contributed by atoms with Gasteiger partial charge in [-0.2, -0.15) is 0 Å². The molecular weight excluding hydrogens is 396 g/mol. The number of rotatable bonds is 5. The number of H-pyrrole nitrogens is 2. The Morgan fingerprint density at radius 3 is 2.84 bits per heavy atom. The van der Waals surface area contributed by atoms with Crippen molar-refractivity contribution < 1.29 is 0 Å². The van der Waals surface area contributed by atoms with E-state index in [2.05, 4.69) is 61.0 Å². The lowest BCUT2D eigenvalue weighted by atomic mass is 9.88. The summed E-state index contributed by atoms with van der Waals surface area (Å²) in [7, 11) is 0. The first-order valence-corrected chi connectivity index (χ1v) is 11.6. The number of hydrogen-bond donors (Lipinski definition) is 2. The molecule has 32 heavy (non-hydrogen) atoms. The molecular formula is C26H28N6. The zero-order valence-corrected chi connectivity index (χ0v) is 18.4. The van der Waals surface area contributed by atoms with Gasteiger partial charge in [-0.25, -0.2) is 9.97 Å². The Morgan fingerprint density at radius 2 is 2.03 bits per heavy atom. The number of piperidine rings is 1. The average Bonchev–Trinajstić information content (AvgIpc) is 3.58. The third kappa shape index (κ3) is 3.35. The van der Waals surface area contributed by atoms with E-state index in [1.54, 1.807) is 6.33 Å². The topological polar surface area (TPSA) is 73.0 Å². The van der Waals surface area contributed by atoms with Crippen LogP contribution in [0.1, 0.15) is 43.2 Å². The van der Waals surface area contributed by atoms with Crippen LogP contribution in [-0.2, 0) is 6.42 Å². The summed E-state index contributed by atoms with van der Waals surface area (Å²) in [5.74, 6) is 0.632. The molecule has 4 aromatic rings. The van der Waals surface area contributed by atoms with Crippen molar-refractivity contribution in [3.8, 4) is 11.3 Å². The van der Waals surface area contributed by atoms with Crippen molar-refractivity contribution in [2.75, 3.05) is 19.6 Å². The summed E-state index contributed by atoms with van der Waals surface area (Å²) in [6, 6.07) is 9.11. The van der Waals surface area contributed by atoms with Crippen molar-refractivity contribution in [2.45, 2.75) is 38.5 Å². The maximum atomic E-state index is 4.38. The summed E-state index contributed by atoms with van der Waals surface area (Å²) in [6.07, 6.45) is 12.1. The molecule has 0 aliphatic carbocycles. The molecule has 5 heterocycles. The lowest BCUT2D eigenvalue weighted by Crippen LogP contribution is -2.34. The zero-order chi connectivity index (χ0) is 21.5. The number of aryl methyl sites for hydroxylation is 1. The summed E-state index contributed by atoms with van der Waals surface area (Å²) in [4.78, 5) is 22.5. The summed E-state index contributed by atoms with van der Waals surface area (Å²) in [5.41, 5.74) is 9.56. The summed E-state index contributed by atoms with van der Waals surface area (Å²) in [5, 5.41) is 1.35. The van der Waals surface area contributed by atoms with Gasteiger partial charge in [0.05, 0.1) is 17.5 Å². The Hall–Kier alpha value is -3.25. The molecule has 0 saturated carbocycles. The number of nitrogens with one attached hydrogen (secondary N) is 2. The van der Waals surface area contributed by atoms with Crippen LogP contribution in [0, 0.1) is 0 Å². The molecule has 0 amide bonds. The van der Waals surface area contributed by atoms with Crippen LogP contribution in [0.4, 0.5) is 0 Å². The van der Waals surface area contributed by atoms with Crippen molar-refractivity contribution >= 4 is 28.3 Å². The predicted molar refractivity (Wildman–Crippen MR) is 130 cm³/mol. The van der Waals surface area contributed by atoms with E-state index in [0.29, 0.717) is 5.92 Å². The highest BCUT2D eigenvalue weighted by Crippen LogP contribution is 2.36. The number of benzene rings is 1. The van der Waals surface area contributed by atoms with Gasteiger partial charge in [0, 0.05) is 48.0 Å². The third-order valence-corrected chi connectivity index (χ3v) is 7.08. The number of aromatic nitrogens is 4. The normalized spacial score (nSPS) is 17.6. The molecule has 0 unspecified atom stereocenters. The molecule has 2 aliphatic heterocycles. The molecule has 162 valence electrons. The minimum absolute atomic E-state index is 0.632. The molecule has 6 rings (SSSR count). The molecule has 1 saturated heterocycles. The minimum atomic E-state index is 0.632. The van der Waals surface area contributed by atoms with E-state index >= 15 is 0 Å². The summed E-state index contributed by atoms with van der Waals surface area (Å²) < 4.78 is 0. The van der Waals surface area contributed by atoms with Crippen molar-refractivity contribution in [1.82, 2.24) is 24.8 Å². The fourth-order valence-electron chi connectivity index (χ4n) is 5.37. The second kappa shape index (κ2) is 8.02. The molecule has 0 bridgehead atoms. The number of nitrogens with zero attached hydrogens (tertiary/aromatic N) is 4. The van der Waals surface area contributed by atoms with Crippen molar-refractivity contribution in [3.05, 3.63) is 59.7 Å². The van der Waals surface area contributed by atoms with E-state index in [-0.39, 0.29) is 0 Å². The number of fused-ring (bicyclic) bond motifs is 2. The SMILES string of the molecule is CCc1c(-c2ccnc3nc[nH]c23)[nH]c2ccc(C3CCN(CC4=CN=CC4)CC3)cc12. The first-order valence-electron chi connectivity index (χ1n) is 11.6. The van der Waals surface area contributed by atoms with E-state index in [4.69, 9.17) is 0 Å². The number of imidazole rings is 1. The molecule has 3 aromatic heterocycles. The predicted octanol–water partition coefficient (Wildman–Crippen LogP) is 5.21. The highest BCUT2D eigenvalue weighted by molar-refractivity contribution is 5.97. The van der Waals surface area contributed by atoms with Gasteiger partial charge in [-0.15, -0.1) is 0 Å². The van der Waals surface area contributed by atoms with Crippen LogP contribution in [0.25, 0.3) is 33.3 Å². The van der Waals surface area contributed by atoms with Gasteiger partial charge in [0.2, 0.25) is 0 Å². The number of aliphatic imine (C=N–C) groups is 1. The van der Waals surface area contributed by atoms with Crippen molar-refractivity contribution in [3.63, 3.8) is 0 Å². The van der Waals surface area contributed by atoms with Gasteiger partial charge in [-0.3, -0.25) is 9.89 Å². The summed E-state index contributed by atoms with van der Waals surface area (Å²) >= 11 is 0. The fourth-order valence-corrected chi connectivity index (χ4v) is 5.37. The molecule has 2 aliphatic rings. The van der Waals surface area contributed by atoms with Crippen LogP contribution in [0.5, 0.6) is 0 Å². The van der Waals surface area contributed by atoms with Crippen LogP contribution in [-0.4, -0.2) is 50.7 Å². The highest BCUT2D eigenvalue weighted by Gasteiger charge is 2.23. The van der Waals surface area contributed by atoms with E-state index in [0.717, 1.165) is 49.2 Å². The first kappa shape index (κ1) is 19.4. The molecule has 0 radical (unpaired) electrons. The van der Waals surface area contributed by atoms with Crippen molar-refractivity contribution in [1.29, 1.82) is 0 Å². The fraction of sp³-hybridized carbons (Fsp3) is 0.346. The molecule has 0 atom stereocenters. The molecule has 0 spiro atoms. The standard InChI is InChI=1S/C26H28N6/c1-2-20-22-13-19(18-7-11-32(12-8-18)15-17-5-9-27-14-17)3-4-23(22)31-24(20)21-6-10-28-26-25(21)29-16-30-26/h3-4,6,9-10,13-14,16,18,31H,2,5,7-8,11-12,15H2,1H3,(H,28,29,30). The monoisotopic (exact) mass is 424 g/mol. The van der Waals surface area contributed by atoms with Crippen LogP contribution in [0.15, 0.2) is 53.6 Å². The molecule has 6 nitrogen and oxygen atoms in total. The largest absolute Gasteiger partial charge is 0.354 e. The lowest BCUT2D eigenvalue weighted by Gasteiger charge is -2.32. The van der Waals surface area contributed by atoms with Gasteiger partial charge in [0.1, 0.15) is 0 Å².